The highest BCUT2D eigenvalue weighted by molar-refractivity contribution is 5.40. The van der Waals surface area contributed by atoms with E-state index in [-0.39, 0.29) is 5.82 Å². The zero-order valence-electron chi connectivity index (χ0n) is 11.2. The zero-order chi connectivity index (χ0) is 13.0. The van der Waals surface area contributed by atoms with Gasteiger partial charge in [0.2, 0.25) is 0 Å². The Kier molecular flexibility index (Phi) is 4.59. The Balaban J connectivity index is 2.04. The van der Waals surface area contributed by atoms with E-state index in [1.807, 2.05) is 6.07 Å². The summed E-state index contributed by atoms with van der Waals surface area (Å²) >= 11 is 0. The average molecular weight is 250 g/mol. The second kappa shape index (κ2) is 6.19. The molecule has 2 nitrogen and oxygen atoms in total. The second-order valence-electron chi connectivity index (χ2n) is 5.21. The molecule has 2 N–H and O–H groups in total. The summed E-state index contributed by atoms with van der Waals surface area (Å²) in [5.41, 5.74) is 6.84. The van der Waals surface area contributed by atoms with Gasteiger partial charge in [-0.15, -0.1) is 0 Å². The number of nitrogen functional groups attached to an aromatic ring is 1. The number of nitrogens with zero attached hydrogens (tertiary/aromatic N) is 1. The summed E-state index contributed by atoms with van der Waals surface area (Å²) in [5, 5.41) is 0. The molecule has 0 amide bonds. The van der Waals surface area contributed by atoms with Gasteiger partial charge in [0, 0.05) is 23.8 Å². The van der Waals surface area contributed by atoms with E-state index in [1.54, 1.807) is 6.07 Å². The van der Waals surface area contributed by atoms with Crippen molar-refractivity contribution in [3.05, 3.63) is 29.6 Å². The molecule has 0 bridgehead atoms. The molecule has 3 heteroatoms. The van der Waals surface area contributed by atoms with Gasteiger partial charge in [0.05, 0.1) is 0 Å². The molecule has 2 rings (SSSR count). The largest absolute Gasteiger partial charge is 0.399 e. The Morgan fingerprint density at radius 3 is 2.61 bits per heavy atom. The van der Waals surface area contributed by atoms with Crippen molar-refractivity contribution in [1.29, 1.82) is 0 Å². The van der Waals surface area contributed by atoms with Crippen molar-refractivity contribution in [3.8, 4) is 0 Å². The van der Waals surface area contributed by atoms with Gasteiger partial charge in [0.15, 0.2) is 0 Å². The molecule has 18 heavy (non-hydrogen) atoms. The van der Waals surface area contributed by atoms with E-state index < -0.39 is 0 Å². The minimum Gasteiger partial charge on any atom is -0.399 e. The number of hydrogen-bond acceptors (Lipinski definition) is 2. The summed E-state index contributed by atoms with van der Waals surface area (Å²) in [7, 11) is 0. The maximum absolute atomic E-state index is 13.8. The number of rotatable bonds is 4. The molecule has 100 valence electrons. The molecule has 0 atom stereocenters. The van der Waals surface area contributed by atoms with Gasteiger partial charge in [-0.1, -0.05) is 32.3 Å². The van der Waals surface area contributed by atoms with Crippen molar-refractivity contribution in [1.82, 2.24) is 4.90 Å². The Morgan fingerprint density at radius 2 is 2.00 bits per heavy atom. The molecule has 0 aliphatic heterocycles. The molecule has 0 aromatic heterocycles. The number of nitrogens with two attached hydrogens (primary N) is 1. The Morgan fingerprint density at radius 1 is 1.28 bits per heavy atom. The molecule has 0 spiro atoms. The normalized spacial score (nSPS) is 17.3. The monoisotopic (exact) mass is 250 g/mol. The van der Waals surface area contributed by atoms with Crippen LogP contribution in [-0.4, -0.2) is 17.5 Å². The zero-order valence-corrected chi connectivity index (χ0v) is 11.2. The fraction of sp³-hybridized carbons (Fsp3) is 0.600. The molecule has 1 aliphatic rings. The molecule has 1 aliphatic carbocycles. The highest BCUT2D eigenvalue weighted by atomic mass is 19.1. The van der Waals surface area contributed by atoms with E-state index in [2.05, 4.69) is 11.8 Å². The molecule has 1 aromatic carbocycles. The van der Waals surface area contributed by atoms with Crippen molar-refractivity contribution < 1.29 is 4.39 Å². The maximum atomic E-state index is 13.8. The third-order valence-electron chi connectivity index (χ3n) is 3.95. The van der Waals surface area contributed by atoms with Crippen LogP contribution in [-0.2, 0) is 6.54 Å². The first-order valence-corrected chi connectivity index (χ1v) is 6.98. The molecular weight excluding hydrogens is 227 g/mol. The van der Waals surface area contributed by atoms with Gasteiger partial charge in [-0.25, -0.2) is 4.39 Å². The van der Waals surface area contributed by atoms with E-state index in [9.17, 15) is 4.39 Å². The molecular formula is C15H23FN2. The Hall–Kier alpha value is -1.09. The van der Waals surface area contributed by atoms with Gasteiger partial charge in [-0.05, 0) is 31.5 Å². The van der Waals surface area contributed by atoms with Crippen LogP contribution < -0.4 is 5.73 Å². The van der Waals surface area contributed by atoms with E-state index in [1.165, 1.54) is 38.2 Å². The first kappa shape index (κ1) is 13.3. The van der Waals surface area contributed by atoms with E-state index in [0.717, 1.165) is 12.1 Å². The van der Waals surface area contributed by atoms with Crippen LogP contribution in [0, 0.1) is 5.82 Å². The standard InChI is InChI=1S/C15H23FN2/c1-2-18(14-6-4-3-5-7-14)11-12-8-9-13(17)10-15(12)16/h8-10,14H,2-7,11,17H2,1H3. The molecule has 0 heterocycles. The second-order valence-corrected chi connectivity index (χ2v) is 5.21. The summed E-state index contributed by atoms with van der Waals surface area (Å²) in [4.78, 5) is 2.40. The molecule has 0 unspecified atom stereocenters. The van der Waals surface area contributed by atoms with Crippen molar-refractivity contribution in [3.63, 3.8) is 0 Å². The number of anilines is 1. The molecule has 0 saturated heterocycles. The Labute approximate surface area is 109 Å². The van der Waals surface area contributed by atoms with Crippen molar-refractivity contribution in [2.45, 2.75) is 51.6 Å². The summed E-state index contributed by atoms with van der Waals surface area (Å²) in [6.45, 7) is 3.84. The van der Waals surface area contributed by atoms with Gasteiger partial charge in [0.1, 0.15) is 5.82 Å². The summed E-state index contributed by atoms with van der Waals surface area (Å²) in [5.74, 6) is -0.177. The summed E-state index contributed by atoms with van der Waals surface area (Å²) in [6.07, 6.45) is 6.48. The van der Waals surface area contributed by atoms with Crippen LogP contribution >= 0.6 is 0 Å². The minimum atomic E-state index is -0.177. The van der Waals surface area contributed by atoms with Crippen LogP contribution in [0.1, 0.15) is 44.6 Å². The number of halogens is 1. The number of hydrogen-bond donors (Lipinski definition) is 1. The van der Waals surface area contributed by atoms with E-state index in [4.69, 9.17) is 5.73 Å². The average Bonchev–Trinajstić information content (AvgIpc) is 2.39. The highest BCUT2D eigenvalue weighted by Crippen LogP contribution is 2.24. The predicted molar refractivity (Wildman–Crippen MR) is 73.8 cm³/mol. The van der Waals surface area contributed by atoms with Gasteiger partial charge in [-0.3, -0.25) is 4.90 Å². The quantitative estimate of drug-likeness (QED) is 0.828. The molecule has 1 saturated carbocycles. The van der Waals surface area contributed by atoms with Crippen LogP contribution in [0.25, 0.3) is 0 Å². The predicted octanol–water partition coefficient (Wildman–Crippen LogP) is 3.56. The maximum Gasteiger partial charge on any atom is 0.129 e. The third-order valence-corrected chi connectivity index (χ3v) is 3.95. The number of benzene rings is 1. The van der Waals surface area contributed by atoms with Crippen LogP contribution in [0.15, 0.2) is 18.2 Å². The van der Waals surface area contributed by atoms with Crippen LogP contribution in [0.3, 0.4) is 0 Å². The lowest BCUT2D eigenvalue weighted by Gasteiger charge is -2.33. The van der Waals surface area contributed by atoms with E-state index >= 15 is 0 Å². The van der Waals surface area contributed by atoms with Crippen LogP contribution in [0.4, 0.5) is 10.1 Å². The topological polar surface area (TPSA) is 29.3 Å². The van der Waals surface area contributed by atoms with Gasteiger partial charge in [-0.2, -0.15) is 0 Å². The Bertz CT molecular complexity index is 386. The molecule has 1 aromatic rings. The summed E-state index contributed by atoms with van der Waals surface area (Å²) in [6, 6.07) is 5.65. The fourth-order valence-corrected chi connectivity index (χ4v) is 2.86. The van der Waals surface area contributed by atoms with Crippen molar-refractivity contribution in [2.75, 3.05) is 12.3 Å². The smallest absolute Gasteiger partial charge is 0.129 e. The van der Waals surface area contributed by atoms with Crippen LogP contribution in [0.2, 0.25) is 0 Å². The lowest BCUT2D eigenvalue weighted by molar-refractivity contribution is 0.154. The first-order chi connectivity index (χ1) is 8.70. The first-order valence-electron chi connectivity index (χ1n) is 6.98. The van der Waals surface area contributed by atoms with Gasteiger partial charge < -0.3 is 5.73 Å². The van der Waals surface area contributed by atoms with Crippen molar-refractivity contribution in [2.24, 2.45) is 0 Å². The third kappa shape index (κ3) is 3.22. The van der Waals surface area contributed by atoms with Crippen molar-refractivity contribution >= 4 is 5.69 Å². The fourth-order valence-electron chi connectivity index (χ4n) is 2.86. The molecule has 0 radical (unpaired) electrons. The van der Waals surface area contributed by atoms with E-state index in [0.29, 0.717) is 18.3 Å². The lowest BCUT2D eigenvalue weighted by atomic mass is 9.94. The molecule has 1 fully saturated rings. The minimum absolute atomic E-state index is 0.177. The highest BCUT2D eigenvalue weighted by Gasteiger charge is 2.20. The van der Waals surface area contributed by atoms with Crippen LogP contribution in [0.5, 0.6) is 0 Å². The lowest BCUT2D eigenvalue weighted by Crippen LogP contribution is -2.36. The van der Waals surface area contributed by atoms with Gasteiger partial charge in [0.25, 0.3) is 0 Å². The SMILES string of the molecule is CCN(Cc1ccc(N)cc1F)C1CCCCC1. The summed E-state index contributed by atoms with van der Waals surface area (Å²) < 4.78 is 13.8. The van der Waals surface area contributed by atoms with Gasteiger partial charge >= 0.3 is 0 Å².